The number of hydrogen-bond donors (Lipinski definition) is 0. The van der Waals surface area contributed by atoms with Gasteiger partial charge in [0, 0.05) is 20.2 Å². The van der Waals surface area contributed by atoms with Crippen LogP contribution in [0.2, 0.25) is 0 Å². The van der Waals surface area contributed by atoms with Gasteiger partial charge in [-0.2, -0.15) is 0 Å². The standard InChI is InChI=1S/C42H54S/c1-3-11-29-27(9-1)28-10-2-4-12-30(28)37-24-39-33-19-17-25(21-35(33)31-13-5-6-14-32(31)38(39)23-36(29)37)26-18-20-42-40(22-26)34-15-7-8-16-41(34)43-42/h7-8,15-16,18,20,22,25,27-33,35-39H,1-6,9-14,17,19,21,23-24H2. The van der Waals surface area contributed by atoms with Crippen LogP contribution in [0.1, 0.15) is 121 Å². The third-order valence-electron chi connectivity index (χ3n) is 15.9. The fourth-order valence-corrected chi connectivity index (χ4v) is 15.7. The fourth-order valence-electron chi connectivity index (χ4n) is 14.6. The van der Waals surface area contributed by atoms with Gasteiger partial charge < -0.3 is 0 Å². The van der Waals surface area contributed by atoms with Crippen LogP contribution >= 0.6 is 11.3 Å². The lowest BCUT2D eigenvalue weighted by Gasteiger charge is -2.65. The van der Waals surface area contributed by atoms with Crippen molar-refractivity contribution in [1.82, 2.24) is 0 Å². The van der Waals surface area contributed by atoms with E-state index in [2.05, 4.69) is 42.5 Å². The zero-order valence-electron chi connectivity index (χ0n) is 26.5. The molecule has 228 valence electrons. The van der Waals surface area contributed by atoms with E-state index in [4.69, 9.17) is 0 Å². The smallest absolute Gasteiger partial charge is 0.0355 e. The second kappa shape index (κ2) is 10.6. The van der Waals surface area contributed by atoms with E-state index in [9.17, 15) is 0 Å². The number of hydrogen-bond acceptors (Lipinski definition) is 1. The summed E-state index contributed by atoms with van der Waals surface area (Å²) in [5.74, 6) is 13.9. The van der Waals surface area contributed by atoms with E-state index in [-0.39, 0.29) is 0 Å². The highest BCUT2D eigenvalue weighted by Gasteiger charge is 2.59. The summed E-state index contributed by atoms with van der Waals surface area (Å²) in [6.07, 6.45) is 26.7. The highest BCUT2D eigenvalue weighted by atomic mass is 32.1. The lowest BCUT2D eigenvalue weighted by molar-refractivity contribution is -0.155. The van der Waals surface area contributed by atoms with Gasteiger partial charge in [-0.3, -0.25) is 0 Å². The Bertz CT molecular complexity index is 1480. The first-order valence-electron chi connectivity index (χ1n) is 19.2. The number of fused-ring (bicyclic) bond motifs is 15. The zero-order valence-corrected chi connectivity index (χ0v) is 27.3. The molecule has 7 saturated carbocycles. The van der Waals surface area contributed by atoms with E-state index >= 15 is 0 Å². The molecule has 7 fully saturated rings. The fraction of sp³-hybridized carbons (Fsp3) is 0.714. The number of benzene rings is 2. The molecule has 0 radical (unpaired) electrons. The largest absolute Gasteiger partial charge is 0.135 e. The van der Waals surface area contributed by atoms with Crippen LogP contribution in [0.15, 0.2) is 42.5 Å². The second-order valence-corrected chi connectivity index (χ2v) is 18.2. The molecular weight excluding hydrogens is 537 g/mol. The average Bonchev–Trinajstić information content (AvgIpc) is 3.46. The van der Waals surface area contributed by atoms with E-state index in [1.165, 1.54) is 45.9 Å². The van der Waals surface area contributed by atoms with Crippen molar-refractivity contribution in [3.05, 3.63) is 48.0 Å². The van der Waals surface area contributed by atoms with Gasteiger partial charge in [0.15, 0.2) is 0 Å². The molecule has 13 unspecified atom stereocenters. The van der Waals surface area contributed by atoms with Crippen LogP contribution in [-0.2, 0) is 0 Å². The Kier molecular flexibility index (Phi) is 6.62. The SMILES string of the molecule is c1ccc2c(c1)sc1ccc(C3CCC4C(C3)C3CCCCC3C3CC5C6CCCCC6C6CCCCC6C5CC43)cc12. The normalized spacial score (nSPS) is 45.7. The first-order chi connectivity index (χ1) is 21.3. The van der Waals surface area contributed by atoms with Gasteiger partial charge in [0.2, 0.25) is 0 Å². The molecule has 43 heavy (non-hydrogen) atoms. The molecular formula is C42H54S. The summed E-state index contributed by atoms with van der Waals surface area (Å²) in [4.78, 5) is 0. The van der Waals surface area contributed by atoms with Gasteiger partial charge in [-0.15, -0.1) is 11.3 Å². The molecule has 10 rings (SSSR count). The van der Waals surface area contributed by atoms with Crippen molar-refractivity contribution in [2.45, 2.75) is 115 Å². The van der Waals surface area contributed by atoms with Gasteiger partial charge in [0.05, 0.1) is 0 Å². The Morgan fingerprint density at radius 3 is 1.44 bits per heavy atom. The molecule has 7 aliphatic rings. The minimum atomic E-state index is 0.792. The predicted molar refractivity (Wildman–Crippen MR) is 182 cm³/mol. The van der Waals surface area contributed by atoms with Crippen LogP contribution in [0.25, 0.3) is 20.2 Å². The summed E-state index contributed by atoms with van der Waals surface area (Å²) in [5.41, 5.74) is 1.67. The summed E-state index contributed by atoms with van der Waals surface area (Å²) < 4.78 is 2.94. The number of rotatable bonds is 1. The minimum absolute atomic E-state index is 0.792. The van der Waals surface area contributed by atoms with E-state index < -0.39 is 0 Å². The highest BCUT2D eigenvalue weighted by Crippen LogP contribution is 2.67. The maximum atomic E-state index is 2.64. The monoisotopic (exact) mass is 590 g/mol. The van der Waals surface area contributed by atoms with Crippen molar-refractivity contribution in [2.75, 3.05) is 0 Å². The molecule has 1 heteroatoms. The summed E-state index contributed by atoms with van der Waals surface area (Å²) in [6.45, 7) is 0. The van der Waals surface area contributed by atoms with Gasteiger partial charge in [-0.05, 0) is 171 Å². The van der Waals surface area contributed by atoms with E-state index in [1.807, 2.05) is 11.3 Å². The van der Waals surface area contributed by atoms with Crippen LogP contribution in [0.3, 0.4) is 0 Å². The molecule has 1 heterocycles. The Labute approximate surface area is 264 Å². The van der Waals surface area contributed by atoms with Crippen LogP contribution < -0.4 is 0 Å². The average molecular weight is 591 g/mol. The molecule has 1 aromatic heterocycles. The summed E-state index contributed by atoms with van der Waals surface area (Å²) in [5, 5.41) is 3.01. The molecule has 0 spiro atoms. The first-order valence-corrected chi connectivity index (χ1v) is 20.0. The van der Waals surface area contributed by atoms with Gasteiger partial charge in [-0.1, -0.05) is 62.8 Å². The maximum absolute atomic E-state index is 2.64. The van der Waals surface area contributed by atoms with Crippen molar-refractivity contribution >= 4 is 31.5 Å². The summed E-state index contributed by atoms with van der Waals surface area (Å²) >= 11 is 1.99. The lowest BCUT2D eigenvalue weighted by atomic mass is 9.40. The molecule has 2 aromatic carbocycles. The van der Waals surface area contributed by atoms with Gasteiger partial charge in [-0.25, -0.2) is 0 Å². The van der Waals surface area contributed by atoms with Crippen LogP contribution in [-0.4, -0.2) is 0 Å². The van der Waals surface area contributed by atoms with E-state index in [1.54, 1.807) is 89.0 Å². The molecule has 0 saturated heterocycles. The molecule has 0 N–H and O–H groups in total. The summed E-state index contributed by atoms with van der Waals surface area (Å²) in [7, 11) is 0. The Balaban J connectivity index is 0.970. The second-order valence-electron chi connectivity index (χ2n) is 17.2. The van der Waals surface area contributed by atoms with E-state index in [0.29, 0.717) is 0 Å². The Morgan fingerprint density at radius 1 is 0.395 bits per heavy atom. The van der Waals surface area contributed by atoms with Gasteiger partial charge in [0.1, 0.15) is 0 Å². The minimum Gasteiger partial charge on any atom is -0.135 e. The van der Waals surface area contributed by atoms with Crippen LogP contribution in [0.5, 0.6) is 0 Å². The third kappa shape index (κ3) is 4.17. The number of thiophene rings is 1. The first kappa shape index (κ1) is 26.8. The molecule has 7 aliphatic carbocycles. The topological polar surface area (TPSA) is 0 Å². The van der Waals surface area contributed by atoms with Crippen molar-refractivity contribution in [1.29, 1.82) is 0 Å². The lowest BCUT2D eigenvalue weighted by Crippen LogP contribution is -2.57. The maximum Gasteiger partial charge on any atom is 0.0355 e. The Hall–Kier alpha value is -1.34. The molecule has 3 aromatic rings. The molecule has 0 nitrogen and oxygen atoms in total. The van der Waals surface area contributed by atoms with E-state index in [0.717, 1.165) is 76.9 Å². The third-order valence-corrected chi connectivity index (χ3v) is 17.1. The molecule has 0 bridgehead atoms. The predicted octanol–water partition coefficient (Wildman–Crippen LogP) is 12.3. The van der Waals surface area contributed by atoms with Gasteiger partial charge >= 0.3 is 0 Å². The molecule has 0 aliphatic heterocycles. The van der Waals surface area contributed by atoms with Crippen molar-refractivity contribution in [3.63, 3.8) is 0 Å². The van der Waals surface area contributed by atoms with Crippen LogP contribution in [0, 0.1) is 71.0 Å². The van der Waals surface area contributed by atoms with Gasteiger partial charge in [0.25, 0.3) is 0 Å². The Morgan fingerprint density at radius 2 is 0.860 bits per heavy atom. The van der Waals surface area contributed by atoms with Crippen LogP contribution in [0.4, 0.5) is 0 Å². The highest BCUT2D eigenvalue weighted by molar-refractivity contribution is 7.25. The van der Waals surface area contributed by atoms with Crippen molar-refractivity contribution < 1.29 is 0 Å². The van der Waals surface area contributed by atoms with Crippen molar-refractivity contribution in [2.24, 2.45) is 71.0 Å². The quantitative estimate of drug-likeness (QED) is 0.264. The zero-order chi connectivity index (χ0) is 28.1. The molecule has 13 atom stereocenters. The van der Waals surface area contributed by atoms with Crippen molar-refractivity contribution in [3.8, 4) is 0 Å². The molecule has 0 amide bonds. The summed E-state index contributed by atoms with van der Waals surface area (Å²) in [6, 6.07) is 16.8.